The van der Waals surface area contributed by atoms with Gasteiger partial charge < -0.3 is 15.7 Å². The van der Waals surface area contributed by atoms with Crippen LogP contribution in [-0.4, -0.2) is 43.5 Å². The van der Waals surface area contributed by atoms with Gasteiger partial charge in [0.05, 0.1) is 41.2 Å². The molecule has 9 nitrogen and oxygen atoms in total. The van der Waals surface area contributed by atoms with Crippen molar-refractivity contribution in [2.45, 2.75) is 85.2 Å². The smallest absolute Gasteiger partial charge is 0.253 e. The molecule has 2 aromatic carbocycles. The van der Waals surface area contributed by atoms with Crippen molar-refractivity contribution < 1.29 is 14.7 Å². The Morgan fingerprint density at radius 2 is 1.06 bits per heavy atom. The van der Waals surface area contributed by atoms with Gasteiger partial charge >= 0.3 is 0 Å². The highest BCUT2D eigenvalue weighted by Crippen LogP contribution is 2.26. The summed E-state index contributed by atoms with van der Waals surface area (Å²) in [5.74, 6) is -0.377. The van der Waals surface area contributed by atoms with Crippen molar-refractivity contribution in [3.05, 3.63) is 142 Å². The predicted octanol–water partition coefficient (Wildman–Crippen LogP) is 8.43. The Kier molecular flexibility index (Phi) is 11.7. The van der Waals surface area contributed by atoms with Crippen molar-refractivity contribution in [2.24, 2.45) is 0 Å². The highest BCUT2D eigenvalue weighted by molar-refractivity contribution is 5.99. The molecule has 0 saturated heterocycles. The van der Waals surface area contributed by atoms with Crippen molar-refractivity contribution in [1.82, 2.24) is 30.6 Å². The first-order valence-corrected chi connectivity index (χ1v) is 17.9. The predicted molar refractivity (Wildman–Crippen MR) is 212 cm³/mol. The summed E-state index contributed by atoms with van der Waals surface area (Å²) in [6.45, 7) is 18.5. The SMILES string of the molecule is Cc1nc2ncccc2cc1C(=O)N[C@@H](C)c1ccc(C(C)(C)C)cc1.Cc1nc2ncccc2cc1C(=O)N[C@@H](CO)c1ccc(C(C)(C)C)cc1. The van der Waals surface area contributed by atoms with Crippen molar-refractivity contribution >= 4 is 33.9 Å². The fraction of sp³-hybridized carbons (Fsp3) is 0.318. The third-order valence-electron chi connectivity index (χ3n) is 9.34. The summed E-state index contributed by atoms with van der Waals surface area (Å²) >= 11 is 0. The molecule has 0 fully saturated rings. The Morgan fingerprint density at radius 1 is 0.642 bits per heavy atom. The van der Waals surface area contributed by atoms with E-state index in [0.717, 1.165) is 21.9 Å². The van der Waals surface area contributed by atoms with Gasteiger partial charge in [0.25, 0.3) is 11.8 Å². The van der Waals surface area contributed by atoms with Crippen molar-refractivity contribution in [3.8, 4) is 0 Å². The summed E-state index contributed by atoms with van der Waals surface area (Å²) in [5.41, 5.74) is 8.25. The molecule has 0 unspecified atom stereocenters. The molecule has 2 atom stereocenters. The number of aliphatic hydroxyl groups is 1. The molecule has 3 N–H and O–H groups in total. The Balaban J connectivity index is 0.000000204. The zero-order chi connectivity index (χ0) is 38.5. The molecule has 0 aliphatic heterocycles. The van der Waals surface area contributed by atoms with Crippen LogP contribution in [0.4, 0.5) is 0 Å². The number of aromatic nitrogens is 4. The topological polar surface area (TPSA) is 130 Å². The standard InChI is InChI=1S/C22H25N3O2.C22H25N3O/c1-14-18(12-16-6-5-11-23-20(16)24-14)21(27)25-19(13-26)15-7-9-17(10-8-15)22(2,3)4;1-14(16-8-10-18(11-9-16)22(3,4)5)25-21(26)19-13-17-7-6-12-23-20(17)24-15(19)2/h5-12,19,26H,13H2,1-4H3,(H,25,27);6-14H,1-5H3,(H,25,26)/t19-;14-/m00/s1. The van der Waals surface area contributed by atoms with Crippen LogP contribution in [0, 0.1) is 13.8 Å². The monoisotopic (exact) mass is 710 g/mol. The van der Waals surface area contributed by atoms with E-state index in [9.17, 15) is 14.7 Å². The summed E-state index contributed by atoms with van der Waals surface area (Å²) in [7, 11) is 0. The largest absolute Gasteiger partial charge is 0.394 e. The fourth-order valence-corrected chi connectivity index (χ4v) is 5.96. The molecule has 0 radical (unpaired) electrons. The summed E-state index contributed by atoms with van der Waals surface area (Å²) < 4.78 is 0. The lowest BCUT2D eigenvalue weighted by Crippen LogP contribution is -2.31. The lowest BCUT2D eigenvalue weighted by molar-refractivity contribution is 0.0913. The van der Waals surface area contributed by atoms with Gasteiger partial charge in [-0.15, -0.1) is 0 Å². The number of hydrogen-bond donors (Lipinski definition) is 3. The van der Waals surface area contributed by atoms with Gasteiger partial charge in [-0.05, 0) is 90.3 Å². The summed E-state index contributed by atoms with van der Waals surface area (Å²) in [6.07, 6.45) is 3.38. The van der Waals surface area contributed by atoms with Gasteiger partial charge in [0.1, 0.15) is 0 Å². The lowest BCUT2D eigenvalue weighted by Gasteiger charge is -2.21. The molecule has 0 aliphatic rings. The van der Waals surface area contributed by atoms with Crippen LogP contribution < -0.4 is 10.6 Å². The molecule has 0 aliphatic carbocycles. The Labute approximate surface area is 312 Å². The van der Waals surface area contributed by atoms with E-state index in [1.807, 2.05) is 68.4 Å². The quantitative estimate of drug-likeness (QED) is 0.152. The van der Waals surface area contributed by atoms with E-state index in [0.29, 0.717) is 33.8 Å². The summed E-state index contributed by atoms with van der Waals surface area (Å²) in [4.78, 5) is 42.8. The van der Waals surface area contributed by atoms with Crippen LogP contribution >= 0.6 is 0 Å². The Morgan fingerprint density at radius 3 is 1.47 bits per heavy atom. The number of rotatable bonds is 7. The number of carbonyl (C=O) groups excluding carboxylic acids is 2. The minimum Gasteiger partial charge on any atom is -0.394 e. The highest BCUT2D eigenvalue weighted by Gasteiger charge is 2.20. The second-order valence-electron chi connectivity index (χ2n) is 15.5. The van der Waals surface area contributed by atoms with E-state index in [-0.39, 0.29) is 35.3 Å². The second kappa shape index (κ2) is 16.0. The van der Waals surface area contributed by atoms with Crippen LogP contribution in [0.5, 0.6) is 0 Å². The van der Waals surface area contributed by atoms with Crippen molar-refractivity contribution in [1.29, 1.82) is 0 Å². The number of benzene rings is 2. The lowest BCUT2D eigenvalue weighted by atomic mass is 9.86. The first kappa shape index (κ1) is 38.7. The van der Waals surface area contributed by atoms with Gasteiger partial charge in [0.15, 0.2) is 11.3 Å². The molecule has 4 aromatic heterocycles. The maximum absolute atomic E-state index is 12.8. The number of carbonyl (C=O) groups is 2. The second-order valence-corrected chi connectivity index (χ2v) is 15.5. The van der Waals surface area contributed by atoms with Gasteiger partial charge in [-0.1, -0.05) is 90.1 Å². The minimum absolute atomic E-state index is 0.0540. The molecule has 53 heavy (non-hydrogen) atoms. The average Bonchev–Trinajstić information content (AvgIpc) is 3.12. The molecule has 9 heteroatoms. The van der Waals surface area contributed by atoms with Crippen LogP contribution in [0.15, 0.2) is 97.3 Å². The van der Waals surface area contributed by atoms with E-state index in [2.05, 4.69) is 96.4 Å². The number of nitrogens with one attached hydrogen (secondary N) is 2. The summed E-state index contributed by atoms with van der Waals surface area (Å²) in [5, 5.41) is 17.5. The average molecular weight is 711 g/mol. The molecule has 274 valence electrons. The first-order valence-electron chi connectivity index (χ1n) is 17.9. The van der Waals surface area contributed by atoms with E-state index in [4.69, 9.17) is 0 Å². The third-order valence-corrected chi connectivity index (χ3v) is 9.34. The van der Waals surface area contributed by atoms with Gasteiger partial charge in [0, 0.05) is 23.2 Å². The van der Waals surface area contributed by atoms with Crippen LogP contribution in [0.25, 0.3) is 22.1 Å². The number of fused-ring (bicyclic) bond motifs is 2. The number of amides is 2. The minimum atomic E-state index is -0.476. The van der Waals surface area contributed by atoms with Gasteiger partial charge in [0.2, 0.25) is 0 Å². The molecule has 0 saturated carbocycles. The molecule has 4 heterocycles. The van der Waals surface area contributed by atoms with Crippen molar-refractivity contribution in [3.63, 3.8) is 0 Å². The maximum Gasteiger partial charge on any atom is 0.253 e. The van der Waals surface area contributed by atoms with E-state index >= 15 is 0 Å². The van der Waals surface area contributed by atoms with Crippen LogP contribution in [0.1, 0.15) is 115 Å². The molecule has 6 rings (SSSR count). The van der Waals surface area contributed by atoms with Crippen molar-refractivity contribution in [2.75, 3.05) is 6.61 Å². The molecule has 0 spiro atoms. The number of nitrogens with zero attached hydrogens (tertiary/aromatic N) is 4. The number of aliphatic hydroxyl groups excluding tert-OH is 1. The van der Waals surface area contributed by atoms with Gasteiger partial charge in [-0.3, -0.25) is 9.59 Å². The first-order chi connectivity index (χ1) is 25.0. The molecule has 6 aromatic rings. The zero-order valence-corrected chi connectivity index (χ0v) is 32.2. The number of pyridine rings is 4. The molecular formula is C44H50N6O3. The van der Waals surface area contributed by atoms with Crippen LogP contribution in [-0.2, 0) is 10.8 Å². The summed E-state index contributed by atoms with van der Waals surface area (Å²) in [6, 6.07) is 27.0. The third kappa shape index (κ3) is 9.47. The van der Waals surface area contributed by atoms with Crippen LogP contribution in [0.3, 0.4) is 0 Å². The normalized spacial score (nSPS) is 12.8. The van der Waals surface area contributed by atoms with E-state index in [1.54, 1.807) is 25.4 Å². The van der Waals surface area contributed by atoms with E-state index in [1.165, 1.54) is 11.1 Å². The van der Waals surface area contributed by atoms with E-state index < -0.39 is 6.04 Å². The van der Waals surface area contributed by atoms with Gasteiger partial charge in [-0.2, -0.15) is 0 Å². The van der Waals surface area contributed by atoms with Gasteiger partial charge in [-0.25, -0.2) is 19.9 Å². The molecule has 2 amide bonds. The number of aryl methyl sites for hydroxylation is 2. The Bertz CT molecular complexity index is 2220. The fourth-order valence-electron chi connectivity index (χ4n) is 5.96. The highest BCUT2D eigenvalue weighted by atomic mass is 16.3. The zero-order valence-electron chi connectivity index (χ0n) is 32.2. The Hall–Kier alpha value is -5.54. The molecule has 0 bridgehead atoms. The molecular weight excluding hydrogens is 661 g/mol. The number of hydrogen-bond acceptors (Lipinski definition) is 7. The maximum atomic E-state index is 12.8. The van der Waals surface area contributed by atoms with Crippen LogP contribution in [0.2, 0.25) is 0 Å².